The molecule has 0 amide bonds. The summed E-state index contributed by atoms with van der Waals surface area (Å²) in [5.41, 5.74) is 7.25. The second kappa shape index (κ2) is 9.21. The number of rotatable bonds is 5. The average Bonchev–Trinajstić information content (AvgIpc) is 2.88. The van der Waals surface area contributed by atoms with Crippen LogP contribution in [0.15, 0.2) is 55.2 Å². The standard InChI is InChI=1S/C26H27N5O2/c1-3-18-4-5-19(12-22(18)26(32)24-17(2)14-27-15-29-24)25-21-7-6-20(13-23(21)28-16-30-25)31-8-10-33-11-9-31/h4-7,12-16,26,32H,3,8-11H2,1-2H3. The van der Waals surface area contributed by atoms with Gasteiger partial charge >= 0.3 is 0 Å². The van der Waals surface area contributed by atoms with E-state index in [4.69, 9.17) is 4.74 Å². The second-order valence-corrected chi connectivity index (χ2v) is 8.28. The van der Waals surface area contributed by atoms with Crippen LogP contribution in [-0.2, 0) is 11.2 Å². The molecule has 168 valence electrons. The van der Waals surface area contributed by atoms with Gasteiger partial charge in [0.15, 0.2) is 0 Å². The molecule has 1 atom stereocenters. The summed E-state index contributed by atoms with van der Waals surface area (Å²) < 4.78 is 5.48. The van der Waals surface area contributed by atoms with Gasteiger partial charge in [-0.1, -0.05) is 19.1 Å². The number of morpholine rings is 1. The first-order chi connectivity index (χ1) is 16.2. The van der Waals surface area contributed by atoms with Crippen LogP contribution in [0.5, 0.6) is 0 Å². The molecule has 0 aliphatic carbocycles. The Morgan fingerprint density at radius 2 is 1.88 bits per heavy atom. The number of aryl methyl sites for hydroxylation is 2. The van der Waals surface area contributed by atoms with E-state index >= 15 is 0 Å². The second-order valence-electron chi connectivity index (χ2n) is 8.28. The van der Waals surface area contributed by atoms with Gasteiger partial charge in [-0.25, -0.2) is 19.9 Å². The normalized spacial score (nSPS) is 15.1. The topological polar surface area (TPSA) is 84.3 Å². The predicted molar refractivity (Wildman–Crippen MR) is 128 cm³/mol. The Hall–Kier alpha value is -3.42. The van der Waals surface area contributed by atoms with Crippen LogP contribution < -0.4 is 4.90 Å². The molecule has 7 heteroatoms. The molecule has 33 heavy (non-hydrogen) atoms. The Bertz CT molecular complexity index is 1290. The van der Waals surface area contributed by atoms with Crippen LogP contribution in [0.2, 0.25) is 0 Å². The molecule has 2 aromatic carbocycles. The van der Waals surface area contributed by atoms with Crippen molar-refractivity contribution in [3.63, 3.8) is 0 Å². The van der Waals surface area contributed by atoms with Gasteiger partial charge in [0.2, 0.25) is 0 Å². The van der Waals surface area contributed by atoms with Crippen molar-refractivity contribution in [1.82, 2.24) is 19.9 Å². The van der Waals surface area contributed by atoms with Crippen molar-refractivity contribution in [2.24, 2.45) is 0 Å². The summed E-state index contributed by atoms with van der Waals surface area (Å²) in [5.74, 6) is 0. The van der Waals surface area contributed by atoms with Gasteiger partial charge < -0.3 is 14.7 Å². The molecule has 1 fully saturated rings. The summed E-state index contributed by atoms with van der Waals surface area (Å²) in [4.78, 5) is 19.9. The first kappa shape index (κ1) is 21.4. The predicted octanol–water partition coefficient (Wildman–Crippen LogP) is 3.88. The van der Waals surface area contributed by atoms with Crippen molar-refractivity contribution in [1.29, 1.82) is 0 Å². The van der Waals surface area contributed by atoms with Crippen LogP contribution in [0.1, 0.15) is 35.4 Å². The van der Waals surface area contributed by atoms with Crippen LogP contribution >= 0.6 is 0 Å². The third-order valence-electron chi connectivity index (χ3n) is 6.29. The highest BCUT2D eigenvalue weighted by Gasteiger charge is 2.20. The Balaban J connectivity index is 1.57. The number of anilines is 1. The van der Waals surface area contributed by atoms with Crippen molar-refractivity contribution in [2.45, 2.75) is 26.4 Å². The number of hydrogen-bond acceptors (Lipinski definition) is 7. The molecule has 5 rings (SSSR count). The summed E-state index contributed by atoms with van der Waals surface area (Å²) in [6, 6.07) is 12.5. The summed E-state index contributed by atoms with van der Waals surface area (Å²) in [6.45, 7) is 7.25. The zero-order chi connectivity index (χ0) is 22.8. The van der Waals surface area contributed by atoms with Gasteiger partial charge in [0.25, 0.3) is 0 Å². The zero-order valence-corrected chi connectivity index (χ0v) is 18.9. The average molecular weight is 442 g/mol. The molecule has 1 saturated heterocycles. The maximum Gasteiger partial charge on any atom is 0.122 e. The van der Waals surface area contributed by atoms with E-state index in [9.17, 15) is 5.11 Å². The smallest absolute Gasteiger partial charge is 0.122 e. The van der Waals surface area contributed by atoms with Crippen LogP contribution in [0.3, 0.4) is 0 Å². The van der Waals surface area contributed by atoms with Gasteiger partial charge in [-0.2, -0.15) is 0 Å². The molecule has 3 heterocycles. The lowest BCUT2D eigenvalue weighted by Gasteiger charge is -2.29. The lowest BCUT2D eigenvalue weighted by Crippen LogP contribution is -2.36. The van der Waals surface area contributed by atoms with Crippen LogP contribution in [0, 0.1) is 6.92 Å². The van der Waals surface area contributed by atoms with Gasteiger partial charge in [-0.05, 0) is 54.3 Å². The number of aliphatic hydroxyl groups is 1. The zero-order valence-electron chi connectivity index (χ0n) is 18.9. The van der Waals surface area contributed by atoms with Crippen LogP contribution in [0.4, 0.5) is 5.69 Å². The minimum Gasteiger partial charge on any atom is -0.382 e. The third kappa shape index (κ3) is 4.17. The molecule has 7 nitrogen and oxygen atoms in total. The molecule has 4 aromatic rings. The van der Waals surface area contributed by atoms with Crippen molar-refractivity contribution >= 4 is 16.6 Å². The van der Waals surface area contributed by atoms with E-state index < -0.39 is 6.10 Å². The lowest BCUT2D eigenvalue weighted by molar-refractivity contribution is 0.122. The molecule has 0 radical (unpaired) electrons. The van der Waals surface area contributed by atoms with E-state index in [1.807, 2.05) is 13.0 Å². The summed E-state index contributed by atoms with van der Waals surface area (Å²) in [5, 5.41) is 12.2. The quantitative estimate of drug-likeness (QED) is 0.503. The van der Waals surface area contributed by atoms with Gasteiger partial charge in [0.05, 0.1) is 30.1 Å². The van der Waals surface area contributed by atoms with E-state index in [1.165, 1.54) is 6.33 Å². The molecular formula is C26H27N5O2. The summed E-state index contributed by atoms with van der Waals surface area (Å²) in [6.07, 6.45) is 4.79. The van der Waals surface area contributed by atoms with Crippen LogP contribution in [0.25, 0.3) is 22.2 Å². The molecule has 2 aromatic heterocycles. The molecule has 1 N–H and O–H groups in total. The number of fused-ring (bicyclic) bond motifs is 1. The van der Waals surface area contributed by atoms with Gasteiger partial charge in [-0.3, -0.25) is 0 Å². The molecule has 1 aliphatic heterocycles. The lowest BCUT2D eigenvalue weighted by atomic mass is 9.93. The van der Waals surface area contributed by atoms with Crippen LogP contribution in [-0.4, -0.2) is 51.3 Å². The Morgan fingerprint density at radius 3 is 2.67 bits per heavy atom. The number of aromatic nitrogens is 4. The maximum absolute atomic E-state index is 11.2. The fraction of sp³-hybridized carbons (Fsp3) is 0.308. The highest BCUT2D eigenvalue weighted by Crippen LogP contribution is 2.33. The molecule has 0 spiro atoms. The minimum atomic E-state index is -0.830. The van der Waals surface area contributed by atoms with Crippen molar-refractivity contribution in [3.8, 4) is 11.3 Å². The van der Waals surface area contributed by atoms with E-state index in [0.717, 1.165) is 77.3 Å². The highest BCUT2D eigenvalue weighted by molar-refractivity contribution is 5.94. The fourth-order valence-corrected chi connectivity index (χ4v) is 4.45. The third-order valence-corrected chi connectivity index (χ3v) is 6.29. The molecule has 0 bridgehead atoms. The Labute approximate surface area is 193 Å². The summed E-state index contributed by atoms with van der Waals surface area (Å²) in [7, 11) is 0. The van der Waals surface area contributed by atoms with Gasteiger partial charge in [0, 0.05) is 35.9 Å². The molecular weight excluding hydrogens is 414 g/mol. The Kier molecular flexibility index (Phi) is 5.98. The van der Waals surface area contributed by atoms with Crippen molar-refractivity contribution in [2.75, 3.05) is 31.2 Å². The summed E-state index contributed by atoms with van der Waals surface area (Å²) >= 11 is 0. The number of benzene rings is 2. The largest absolute Gasteiger partial charge is 0.382 e. The van der Waals surface area contributed by atoms with Crippen molar-refractivity contribution < 1.29 is 9.84 Å². The highest BCUT2D eigenvalue weighted by atomic mass is 16.5. The molecule has 0 saturated carbocycles. The first-order valence-electron chi connectivity index (χ1n) is 11.3. The fourth-order valence-electron chi connectivity index (χ4n) is 4.45. The van der Waals surface area contributed by atoms with E-state index in [1.54, 1.807) is 12.5 Å². The monoisotopic (exact) mass is 441 g/mol. The van der Waals surface area contributed by atoms with E-state index in [-0.39, 0.29) is 0 Å². The van der Waals surface area contributed by atoms with E-state index in [2.05, 4.69) is 62.1 Å². The molecule has 1 aliphatic rings. The van der Waals surface area contributed by atoms with Gasteiger partial charge in [0.1, 0.15) is 18.8 Å². The first-order valence-corrected chi connectivity index (χ1v) is 11.3. The van der Waals surface area contributed by atoms with Gasteiger partial charge in [-0.15, -0.1) is 0 Å². The number of aliphatic hydroxyl groups excluding tert-OH is 1. The van der Waals surface area contributed by atoms with Crippen molar-refractivity contribution in [3.05, 3.63) is 77.6 Å². The SMILES string of the molecule is CCc1ccc(-c2ncnc3cc(N4CCOCC4)ccc23)cc1C(O)c1ncncc1C. The molecule has 1 unspecified atom stereocenters. The maximum atomic E-state index is 11.2. The number of nitrogens with zero attached hydrogens (tertiary/aromatic N) is 5. The number of ether oxygens (including phenoxy) is 1. The van der Waals surface area contributed by atoms with E-state index in [0.29, 0.717) is 5.69 Å². The Morgan fingerprint density at radius 1 is 1.03 bits per heavy atom. The number of hydrogen-bond donors (Lipinski definition) is 1. The minimum absolute atomic E-state index is 0.625.